The lowest BCUT2D eigenvalue weighted by atomic mass is 10.1. The summed E-state index contributed by atoms with van der Waals surface area (Å²) in [6.07, 6.45) is 0.949. The average Bonchev–Trinajstić information content (AvgIpc) is 2.93. The highest BCUT2D eigenvalue weighted by molar-refractivity contribution is 5.22. The minimum Gasteiger partial charge on any atom is -0.467 e. The van der Waals surface area contributed by atoms with Gasteiger partial charge in [0.2, 0.25) is 0 Å². The number of hydrogen-bond donors (Lipinski definition) is 2. The van der Waals surface area contributed by atoms with Crippen LogP contribution in [-0.2, 0) is 17.9 Å². The highest BCUT2D eigenvalue weighted by Crippen LogP contribution is 2.12. The van der Waals surface area contributed by atoms with Gasteiger partial charge in [0.05, 0.1) is 12.9 Å². The summed E-state index contributed by atoms with van der Waals surface area (Å²) in [5.41, 5.74) is 2.31. The Bertz CT molecular complexity index is 482. The Morgan fingerprint density at radius 1 is 1.26 bits per heavy atom. The van der Waals surface area contributed by atoms with Crippen molar-refractivity contribution < 1.29 is 14.3 Å². The lowest BCUT2D eigenvalue weighted by Gasteiger charge is -2.10. The predicted octanol–water partition coefficient (Wildman–Crippen LogP) is 2.25. The first-order valence-corrected chi connectivity index (χ1v) is 6.28. The summed E-state index contributed by atoms with van der Waals surface area (Å²) in [7, 11) is 1.69. The van der Waals surface area contributed by atoms with Gasteiger partial charge < -0.3 is 19.6 Å². The predicted molar refractivity (Wildman–Crippen MR) is 72.5 cm³/mol. The molecular weight excluding hydrogens is 242 g/mol. The highest BCUT2D eigenvalue weighted by Gasteiger charge is 2.09. The molecule has 102 valence electrons. The Morgan fingerprint density at radius 2 is 2.11 bits per heavy atom. The fourth-order valence-corrected chi connectivity index (χ4v) is 1.93. The van der Waals surface area contributed by atoms with Gasteiger partial charge in [-0.3, -0.25) is 0 Å². The van der Waals surface area contributed by atoms with Gasteiger partial charge in [0.1, 0.15) is 11.9 Å². The van der Waals surface area contributed by atoms with Gasteiger partial charge in [0.15, 0.2) is 0 Å². The fraction of sp³-hybridized carbons (Fsp3) is 0.333. The average molecular weight is 261 g/mol. The number of rotatable bonds is 7. The zero-order valence-electron chi connectivity index (χ0n) is 11.0. The number of hydrogen-bond acceptors (Lipinski definition) is 4. The molecule has 0 bridgehead atoms. The third kappa shape index (κ3) is 4.21. The maximum atomic E-state index is 9.85. The van der Waals surface area contributed by atoms with Gasteiger partial charge in [-0.05, 0) is 23.3 Å². The molecule has 1 unspecified atom stereocenters. The van der Waals surface area contributed by atoms with Crippen LogP contribution < -0.4 is 5.32 Å². The van der Waals surface area contributed by atoms with Crippen LogP contribution in [0.4, 0.5) is 0 Å². The molecule has 2 aromatic rings. The Balaban J connectivity index is 1.80. The second kappa shape index (κ2) is 7.09. The first kappa shape index (κ1) is 13.8. The highest BCUT2D eigenvalue weighted by atomic mass is 16.5. The van der Waals surface area contributed by atoms with Gasteiger partial charge in [-0.2, -0.15) is 0 Å². The summed E-state index contributed by atoms with van der Waals surface area (Å²) in [5.74, 6) is 0.584. The van der Waals surface area contributed by atoms with Crippen LogP contribution in [-0.4, -0.2) is 18.8 Å². The SMILES string of the molecule is COCc1cccc(CNCC(O)c2ccco2)c1. The van der Waals surface area contributed by atoms with E-state index in [2.05, 4.69) is 11.4 Å². The van der Waals surface area contributed by atoms with Gasteiger partial charge in [-0.15, -0.1) is 0 Å². The number of ether oxygens (including phenoxy) is 1. The van der Waals surface area contributed by atoms with Crippen molar-refractivity contribution in [3.63, 3.8) is 0 Å². The number of nitrogens with one attached hydrogen (secondary N) is 1. The summed E-state index contributed by atoms with van der Waals surface area (Å²) in [6.45, 7) is 1.78. The first-order chi connectivity index (χ1) is 9.29. The monoisotopic (exact) mass is 261 g/mol. The van der Waals surface area contributed by atoms with E-state index in [1.807, 2.05) is 18.2 Å². The zero-order valence-corrected chi connectivity index (χ0v) is 11.0. The Labute approximate surface area is 113 Å². The minimum absolute atomic E-state index is 0.460. The van der Waals surface area contributed by atoms with E-state index >= 15 is 0 Å². The lowest BCUT2D eigenvalue weighted by molar-refractivity contribution is 0.147. The molecule has 0 saturated carbocycles. The van der Waals surface area contributed by atoms with Gasteiger partial charge in [-0.1, -0.05) is 24.3 Å². The number of furan rings is 1. The van der Waals surface area contributed by atoms with Crippen LogP contribution in [0.2, 0.25) is 0 Å². The van der Waals surface area contributed by atoms with E-state index < -0.39 is 6.10 Å². The minimum atomic E-state index is -0.614. The van der Waals surface area contributed by atoms with Crippen LogP contribution in [0.5, 0.6) is 0 Å². The molecule has 2 rings (SSSR count). The van der Waals surface area contributed by atoms with E-state index in [1.165, 1.54) is 5.56 Å². The van der Waals surface area contributed by atoms with Gasteiger partial charge in [0.25, 0.3) is 0 Å². The van der Waals surface area contributed by atoms with Crippen LogP contribution in [0.15, 0.2) is 47.1 Å². The zero-order chi connectivity index (χ0) is 13.5. The van der Waals surface area contributed by atoms with Crippen molar-refractivity contribution in [3.8, 4) is 0 Å². The van der Waals surface area contributed by atoms with Crippen molar-refractivity contribution in [2.24, 2.45) is 0 Å². The largest absolute Gasteiger partial charge is 0.467 e. The van der Waals surface area contributed by atoms with Crippen LogP contribution >= 0.6 is 0 Å². The Morgan fingerprint density at radius 3 is 2.84 bits per heavy atom. The third-order valence-corrected chi connectivity index (χ3v) is 2.84. The number of benzene rings is 1. The molecule has 1 heterocycles. The van der Waals surface area contributed by atoms with Crippen LogP contribution in [0.1, 0.15) is 23.0 Å². The molecule has 1 atom stereocenters. The maximum absolute atomic E-state index is 9.85. The molecule has 4 nitrogen and oxygen atoms in total. The standard InChI is InChI=1S/C15H19NO3/c1-18-11-13-5-2-4-12(8-13)9-16-10-14(17)15-6-3-7-19-15/h2-8,14,16-17H,9-11H2,1H3. The smallest absolute Gasteiger partial charge is 0.133 e. The van der Waals surface area contributed by atoms with E-state index in [0.29, 0.717) is 25.5 Å². The Kier molecular flexibility index (Phi) is 5.15. The van der Waals surface area contributed by atoms with Crippen molar-refractivity contribution >= 4 is 0 Å². The van der Waals surface area contributed by atoms with E-state index in [-0.39, 0.29) is 0 Å². The molecular formula is C15H19NO3. The van der Waals surface area contributed by atoms with Gasteiger partial charge in [0, 0.05) is 20.2 Å². The molecule has 2 N–H and O–H groups in total. The quantitative estimate of drug-likeness (QED) is 0.802. The molecule has 1 aromatic heterocycles. The fourth-order valence-electron chi connectivity index (χ4n) is 1.93. The first-order valence-electron chi connectivity index (χ1n) is 6.28. The van der Waals surface area contributed by atoms with Crippen LogP contribution in [0, 0.1) is 0 Å². The van der Waals surface area contributed by atoms with Crippen molar-refractivity contribution in [2.75, 3.05) is 13.7 Å². The molecule has 0 amide bonds. The molecule has 0 radical (unpaired) electrons. The molecule has 0 aliphatic rings. The number of methoxy groups -OCH3 is 1. The van der Waals surface area contributed by atoms with Crippen LogP contribution in [0.3, 0.4) is 0 Å². The third-order valence-electron chi connectivity index (χ3n) is 2.84. The summed E-state index contributed by atoms with van der Waals surface area (Å²) >= 11 is 0. The summed E-state index contributed by atoms with van der Waals surface area (Å²) in [5, 5.41) is 13.1. The van der Waals surface area contributed by atoms with E-state index in [4.69, 9.17) is 9.15 Å². The van der Waals surface area contributed by atoms with Crippen molar-refractivity contribution in [1.29, 1.82) is 0 Å². The molecule has 0 aliphatic heterocycles. The van der Waals surface area contributed by atoms with E-state index in [9.17, 15) is 5.11 Å². The van der Waals surface area contributed by atoms with Crippen LogP contribution in [0.25, 0.3) is 0 Å². The molecule has 0 aliphatic carbocycles. The number of aliphatic hydroxyl groups excluding tert-OH is 1. The lowest BCUT2D eigenvalue weighted by Crippen LogP contribution is -2.20. The summed E-state index contributed by atoms with van der Waals surface area (Å²) < 4.78 is 10.2. The van der Waals surface area contributed by atoms with E-state index in [0.717, 1.165) is 5.56 Å². The normalized spacial score (nSPS) is 12.5. The van der Waals surface area contributed by atoms with Crippen molar-refractivity contribution in [3.05, 3.63) is 59.5 Å². The van der Waals surface area contributed by atoms with Gasteiger partial charge >= 0.3 is 0 Å². The summed E-state index contributed by atoms with van der Waals surface area (Å²) in [4.78, 5) is 0. The van der Waals surface area contributed by atoms with Gasteiger partial charge in [-0.25, -0.2) is 0 Å². The van der Waals surface area contributed by atoms with Crippen molar-refractivity contribution in [2.45, 2.75) is 19.3 Å². The molecule has 0 spiro atoms. The topological polar surface area (TPSA) is 54.6 Å². The van der Waals surface area contributed by atoms with E-state index in [1.54, 1.807) is 25.5 Å². The molecule has 4 heteroatoms. The molecule has 0 saturated heterocycles. The Hall–Kier alpha value is -1.62. The molecule has 0 fully saturated rings. The molecule has 1 aromatic carbocycles. The molecule has 19 heavy (non-hydrogen) atoms. The number of aliphatic hydroxyl groups is 1. The second-order valence-electron chi connectivity index (χ2n) is 4.42. The summed E-state index contributed by atoms with van der Waals surface area (Å²) in [6, 6.07) is 11.7. The van der Waals surface area contributed by atoms with Crippen molar-refractivity contribution in [1.82, 2.24) is 5.32 Å². The maximum Gasteiger partial charge on any atom is 0.133 e. The second-order valence-corrected chi connectivity index (χ2v) is 4.42.